The monoisotopic (exact) mass is 582 g/mol. The average molecular weight is 583 g/mol. The van der Waals surface area contributed by atoms with Gasteiger partial charge in [-0.05, 0) is 71.8 Å². The Bertz CT molecular complexity index is 1670. The van der Waals surface area contributed by atoms with Crippen LogP contribution in [0, 0.1) is 0 Å². The summed E-state index contributed by atoms with van der Waals surface area (Å²) >= 11 is 6.14. The van der Waals surface area contributed by atoms with Gasteiger partial charge >= 0.3 is 0 Å². The zero-order chi connectivity index (χ0) is 29.6. The van der Waals surface area contributed by atoms with E-state index in [2.05, 4.69) is 15.6 Å². The number of carbonyl (C=O) groups is 2. The standard InChI is InChI=1S/C32H31ClN6O3/c1-37(2)26-16-14-25(15-17-26)34-32(41)31(23-10-18-27(42-3)19-11-23)38(20-22-8-12-24(33)13-9-22)30(40)21-39-29-7-5-4-6-28(29)35-36-39/h4-19,31H,20-21H2,1-3H3,(H,34,41). The highest BCUT2D eigenvalue weighted by Gasteiger charge is 2.32. The molecular weight excluding hydrogens is 552 g/mol. The van der Waals surface area contributed by atoms with Gasteiger partial charge in [-0.2, -0.15) is 0 Å². The maximum atomic E-state index is 14.1. The molecule has 0 aliphatic rings. The van der Waals surface area contributed by atoms with Gasteiger partial charge in [0.1, 0.15) is 23.9 Å². The molecule has 9 nitrogen and oxygen atoms in total. The van der Waals surface area contributed by atoms with Gasteiger partial charge < -0.3 is 19.9 Å². The molecular formula is C32H31ClN6O3. The van der Waals surface area contributed by atoms with Crippen molar-refractivity contribution < 1.29 is 14.3 Å². The minimum atomic E-state index is -0.970. The lowest BCUT2D eigenvalue weighted by Gasteiger charge is -2.32. The third-order valence-electron chi connectivity index (χ3n) is 6.93. The normalized spacial score (nSPS) is 11.6. The SMILES string of the molecule is COc1ccc(C(C(=O)Nc2ccc(N(C)C)cc2)N(Cc2ccc(Cl)cc2)C(=O)Cn2nnc3ccccc32)cc1. The number of benzene rings is 4. The number of amides is 2. The predicted molar refractivity (Wildman–Crippen MR) is 165 cm³/mol. The Morgan fingerprint density at radius 3 is 2.29 bits per heavy atom. The second-order valence-corrected chi connectivity index (χ2v) is 10.4. The van der Waals surface area contributed by atoms with Crippen LogP contribution in [0.5, 0.6) is 5.75 Å². The second kappa shape index (κ2) is 12.7. The van der Waals surface area contributed by atoms with Crippen molar-refractivity contribution in [3.63, 3.8) is 0 Å². The molecule has 10 heteroatoms. The Morgan fingerprint density at radius 2 is 1.62 bits per heavy atom. The molecule has 1 aromatic heterocycles. The van der Waals surface area contributed by atoms with Gasteiger partial charge in [0.2, 0.25) is 5.91 Å². The number of para-hydroxylation sites is 1. The summed E-state index contributed by atoms with van der Waals surface area (Å²) in [5.74, 6) is -0.0232. The smallest absolute Gasteiger partial charge is 0.251 e. The van der Waals surface area contributed by atoms with Gasteiger partial charge in [0.25, 0.3) is 5.91 Å². The van der Waals surface area contributed by atoms with E-state index in [1.165, 1.54) is 0 Å². The van der Waals surface area contributed by atoms with Crippen molar-refractivity contribution in [3.8, 4) is 5.75 Å². The summed E-state index contributed by atoms with van der Waals surface area (Å²) < 4.78 is 6.90. The molecule has 0 fully saturated rings. The maximum Gasteiger partial charge on any atom is 0.251 e. The lowest BCUT2D eigenvalue weighted by atomic mass is 10.0. The first-order valence-electron chi connectivity index (χ1n) is 13.4. The lowest BCUT2D eigenvalue weighted by molar-refractivity contribution is -0.140. The number of nitrogens with one attached hydrogen (secondary N) is 1. The fraction of sp³-hybridized carbons (Fsp3) is 0.188. The molecule has 0 aliphatic carbocycles. The summed E-state index contributed by atoms with van der Waals surface area (Å²) in [5.41, 5.74) is 4.47. The van der Waals surface area contributed by atoms with Crippen LogP contribution >= 0.6 is 11.6 Å². The average Bonchev–Trinajstić information content (AvgIpc) is 3.41. The molecule has 0 aliphatic heterocycles. The summed E-state index contributed by atoms with van der Waals surface area (Å²) in [7, 11) is 5.48. The third kappa shape index (κ3) is 6.53. The van der Waals surface area contributed by atoms with E-state index in [0.29, 0.717) is 27.5 Å². The summed E-state index contributed by atoms with van der Waals surface area (Å²) in [4.78, 5) is 31.8. The minimum Gasteiger partial charge on any atom is -0.497 e. The van der Waals surface area contributed by atoms with Crippen molar-refractivity contribution in [1.82, 2.24) is 19.9 Å². The summed E-state index contributed by atoms with van der Waals surface area (Å²) in [6.45, 7) is 0.0535. The first-order chi connectivity index (χ1) is 20.3. The zero-order valence-corrected chi connectivity index (χ0v) is 24.3. The quantitative estimate of drug-likeness (QED) is 0.231. The van der Waals surface area contributed by atoms with E-state index in [1.54, 1.807) is 53.1 Å². The zero-order valence-electron chi connectivity index (χ0n) is 23.6. The number of rotatable bonds is 10. The minimum absolute atomic E-state index is 0.106. The lowest BCUT2D eigenvalue weighted by Crippen LogP contribution is -2.42. The van der Waals surface area contributed by atoms with E-state index in [0.717, 1.165) is 16.8 Å². The van der Waals surface area contributed by atoms with Crippen LogP contribution in [0.1, 0.15) is 17.2 Å². The number of ether oxygens (including phenoxy) is 1. The number of fused-ring (bicyclic) bond motifs is 1. The van der Waals surface area contributed by atoms with Gasteiger partial charge in [0.15, 0.2) is 0 Å². The van der Waals surface area contributed by atoms with E-state index < -0.39 is 6.04 Å². The second-order valence-electron chi connectivity index (χ2n) is 9.99. The van der Waals surface area contributed by atoms with Crippen LogP contribution in [-0.4, -0.2) is 52.9 Å². The number of nitrogens with zero attached hydrogens (tertiary/aromatic N) is 5. The highest BCUT2D eigenvalue weighted by Crippen LogP contribution is 2.28. The van der Waals surface area contributed by atoms with E-state index in [9.17, 15) is 9.59 Å². The van der Waals surface area contributed by atoms with E-state index in [1.807, 2.05) is 79.7 Å². The number of halogens is 1. The number of aromatic nitrogens is 3. The molecule has 0 saturated carbocycles. The Labute approximate surface area is 249 Å². The van der Waals surface area contributed by atoms with Crippen molar-refractivity contribution in [2.75, 3.05) is 31.4 Å². The Kier molecular flexibility index (Phi) is 8.68. The van der Waals surface area contributed by atoms with E-state index >= 15 is 0 Å². The molecule has 1 atom stereocenters. The number of anilines is 2. The van der Waals surface area contributed by atoms with Crippen molar-refractivity contribution in [2.24, 2.45) is 0 Å². The Morgan fingerprint density at radius 1 is 0.929 bits per heavy atom. The molecule has 1 N–H and O–H groups in total. The van der Waals surface area contributed by atoms with Crippen LogP contribution in [0.25, 0.3) is 11.0 Å². The van der Waals surface area contributed by atoms with Crippen molar-refractivity contribution in [2.45, 2.75) is 19.1 Å². The number of hydrogen-bond acceptors (Lipinski definition) is 6. The van der Waals surface area contributed by atoms with Gasteiger partial charge in [-0.15, -0.1) is 5.10 Å². The fourth-order valence-corrected chi connectivity index (χ4v) is 4.80. The van der Waals surface area contributed by atoms with Gasteiger partial charge in [0, 0.05) is 37.0 Å². The molecule has 0 bridgehead atoms. The molecule has 4 aromatic carbocycles. The van der Waals surface area contributed by atoms with Crippen molar-refractivity contribution >= 4 is 45.8 Å². The molecule has 1 unspecified atom stereocenters. The Balaban J connectivity index is 1.54. The fourth-order valence-electron chi connectivity index (χ4n) is 4.68. The molecule has 0 spiro atoms. The van der Waals surface area contributed by atoms with E-state index in [4.69, 9.17) is 16.3 Å². The number of hydrogen-bond donors (Lipinski definition) is 1. The van der Waals surface area contributed by atoms with Crippen LogP contribution in [0.4, 0.5) is 11.4 Å². The molecule has 0 saturated heterocycles. The van der Waals surface area contributed by atoms with Gasteiger partial charge in [-0.3, -0.25) is 9.59 Å². The molecule has 214 valence electrons. The van der Waals surface area contributed by atoms with Gasteiger partial charge in [-0.25, -0.2) is 4.68 Å². The van der Waals surface area contributed by atoms with Crippen LogP contribution in [0.3, 0.4) is 0 Å². The van der Waals surface area contributed by atoms with Crippen LogP contribution < -0.4 is 15.0 Å². The summed E-state index contributed by atoms with van der Waals surface area (Å²) in [6.07, 6.45) is 0. The summed E-state index contributed by atoms with van der Waals surface area (Å²) in [5, 5.41) is 12.0. The Hall–Kier alpha value is -4.89. The van der Waals surface area contributed by atoms with Crippen LogP contribution in [0.15, 0.2) is 97.1 Å². The highest BCUT2D eigenvalue weighted by molar-refractivity contribution is 6.30. The molecule has 2 amide bonds. The highest BCUT2D eigenvalue weighted by atomic mass is 35.5. The van der Waals surface area contributed by atoms with Crippen molar-refractivity contribution in [1.29, 1.82) is 0 Å². The van der Waals surface area contributed by atoms with Crippen LogP contribution in [-0.2, 0) is 22.7 Å². The topological polar surface area (TPSA) is 92.6 Å². The first kappa shape index (κ1) is 28.6. The third-order valence-corrected chi connectivity index (χ3v) is 7.19. The number of methoxy groups -OCH3 is 1. The van der Waals surface area contributed by atoms with E-state index in [-0.39, 0.29) is 24.9 Å². The van der Waals surface area contributed by atoms with Crippen molar-refractivity contribution in [3.05, 3.63) is 113 Å². The molecule has 0 radical (unpaired) electrons. The predicted octanol–water partition coefficient (Wildman–Crippen LogP) is 5.57. The maximum absolute atomic E-state index is 14.1. The number of carbonyl (C=O) groups excluding carboxylic acids is 2. The molecule has 42 heavy (non-hydrogen) atoms. The molecule has 5 rings (SSSR count). The molecule has 5 aromatic rings. The molecule has 1 heterocycles. The largest absolute Gasteiger partial charge is 0.497 e. The van der Waals surface area contributed by atoms with Gasteiger partial charge in [-0.1, -0.05) is 53.2 Å². The van der Waals surface area contributed by atoms with Gasteiger partial charge in [0.05, 0.1) is 12.6 Å². The summed E-state index contributed by atoms with van der Waals surface area (Å²) in [6, 6.07) is 28.3. The first-order valence-corrected chi connectivity index (χ1v) is 13.7. The van der Waals surface area contributed by atoms with Crippen LogP contribution in [0.2, 0.25) is 5.02 Å².